The number of pyridine rings is 5. The van der Waals surface area contributed by atoms with Crippen molar-refractivity contribution in [2.45, 2.75) is 37.3 Å². The van der Waals surface area contributed by atoms with E-state index < -0.39 is 28.5 Å². The van der Waals surface area contributed by atoms with Crippen molar-refractivity contribution in [3.05, 3.63) is 110 Å². The van der Waals surface area contributed by atoms with E-state index in [4.69, 9.17) is 32.1 Å². The first-order valence-electron chi connectivity index (χ1n) is 28.0. The molecule has 0 aliphatic carbocycles. The Morgan fingerprint density at radius 3 is 1.63 bits per heavy atom. The van der Waals surface area contributed by atoms with Crippen LogP contribution in [-0.2, 0) is 41.8 Å². The summed E-state index contributed by atoms with van der Waals surface area (Å²) in [5, 5.41) is 48.2. The molecule has 5 saturated heterocycles. The number of aliphatic carboxylic acids is 1. The number of carbonyl (C=O) groups is 6. The first-order valence-corrected chi connectivity index (χ1v) is 33.0. The van der Waals surface area contributed by atoms with E-state index in [1.807, 2.05) is 35.0 Å². The topological polar surface area (TPSA) is 357 Å². The average Bonchev–Trinajstić information content (AvgIpc) is 1.14. The third-order valence-electron chi connectivity index (χ3n) is 14.8. The minimum Gasteiger partial charge on any atom is -0.480 e. The van der Waals surface area contributed by atoms with E-state index in [9.17, 15) is 38.9 Å². The number of esters is 2. The number of hydrogen-bond donors (Lipinski definition) is 6. The van der Waals surface area contributed by atoms with Crippen molar-refractivity contribution in [1.82, 2.24) is 35.1 Å². The van der Waals surface area contributed by atoms with Gasteiger partial charge in [0.05, 0.1) is 59.5 Å². The molecule has 13 heterocycles. The number of amides is 3. The Hall–Kier alpha value is -7.77. The van der Waals surface area contributed by atoms with Gasteiger partial charge in [0, 0.05) is 142 Å². The molecule has 0 saturated carbocycles. The summed E-state index contributed by atoms with van der Waals surface area (Å²) in [7, 11) is 2.49. The number of fused-ring (bicyclic) bond motifs is 9. The lowest BCUT2D eigenvalue weighted by atomic mass is 10.1. The van der Waals surface area contributed by atoms with Crippen LogP contribution in [-0.4, -0.2) is 217 Å². The maximum absolute atomic E-state index is 12.5. The van der Waals surface area contributed by atoms with Gasteiger partial charge in [-0.05, 0) is 41.5 Å². The molecule has 0 radical (unpaired) electrons. The van der Waals surface area contributed by atoms with Gasteiger partial charge in [-0.2, -0.15) is 52.3 Å². The Labute approximate surface area is 533 Å². The zero-order valence-corrected chi connectivity index (χ0v) is 52.3. The van der Waals surface area contributed by atoms with Crippen molar-refractivity contribution in [2.75, 3.05) is 148 Å². The fourth-order valence-corrected chi connectivity index (χ4v) is 14.5. The number of methoxy groups -OCH3 is 2. The number of anilines is 7. The molecule has 28 nitrogen and oxygen atoms in total. The smallest absolute Gasteiger partial charge is 0.339 e. The predicted molar refractivity (Wildman–Crippen MR) is 342 cm³/mol. The van der Waals surface area contributed by atoms with E-state index in [1.165, 1.54) is 20.4 Å². The monoisotopic (exact) mass is 1310 g/mol. The quantitative estimate of drug-likeness (QED) is 0.0554. The molecular formula is C56H63ClN16O12S4. The van der Waals surface area contributed by atoms with Gasteiger partial charge in [-0.25, -0.2) is 34.5 Å². The molecular weight excluding hydrogens is 1250 g/mol. The Morgan fingerprint density at radius 1 is 0.674 bits per heavy atom. The molecule has 8 aliphatic heterocycles. The molecule has 5 aromatic rings. The Balaban J connectivity index is 0.000000140. The van der Waals surface area contributed by atoms with Crippen molar-refractivity contribution in [3.63, 3.8) is 0 Å². The normalized spacial score (nSPS) is 20.4. The summed E-state index contributed by atoms with van der Waals surface area (Å²) in [6.07, 6.45) is 7.83. The maximum Gasteiger partial charge on any atom is 0.339 e. The van der Waals surface area contributed by atoms with Crippen LogP contribution in [0.3, 0.4) is 0 Å². The lowest BCUT2D eigenvalue weighted by Crippen LogP contribution is -2.53. The number of nitrogens with zero attached hydrogens (tertiary/aromatic N) is 12. The van der Waals surface area contributed by atoms with Crippen LogP contribution in [0.4, 0.5) is 46.0 Å². The molecule has 6 N–H and O–H groups in total. The highest BCUT2D eigenvalue weighted by Gasteiger charge is 2.39. The lowest BCUT2D eigenvalue weighted by Gasteiger charge is -2.40. The molecule has 0 bridgehead atoms. The second-order valence-corrected chi connectivity index (χ2v) is 25.4. The van der Waals surface area contributed by atoms with E-state index in [0.717, 1.165) is 146 Å². The Morgan fingerprint density at radius 2 is 1.17 bits per heavy atom. The molecule has 470 valence electrons. The molecule has 0 unspecified atom stereocenters. The molecule has 33 heteroatoms. The number of thioether (sulfide) groups is 4. The average molecular weight is 1320 g/mol. The number of hydrogen-bond acceptors (Lipinski definition) is 27. The van der Waals surface area contributed by atoms with Gasteiger partial charge < -0.3 is 60.6 Å². The number of carbonyl (C=O) groups excluding carboxylic acids is 5. The number of halogens is 1. The molecule has 89 heavy (non-hydrogen) atoms. The lowest BCUT2D eigenvalue weighted by molar-refractivity contribution is -0.385. The van der Waals surface area contributed by atoms with Gasteiger partial charge in [-0.3, -0.25) is 34.2 Å². The summed E-state index contributed by atoms with van der Waals surface area (Å²) in [5.74, 6) is 8.74. The number of nitro groups is 1. The number of aliphatic hydroxyl groups is 1. The van der Waals surface area contributed by atoms with E-state index in [0.29, 0.717) is 33.8 Å². The number of nitriles is 1. The zero-order chi connectivity index (χ0) is 63.1. The van der Waals surface area contributed by atoms with Crippen LogP contribution >= 0.6 is 58.6 Å². The van der Waals surface area contributed by atoms with Crippen LogP contribution in [0, 0.1) is 21.4 Å². The van der Waals surface area contributed by atoms with Crippen molar-refractivity contribution in [1.29, 1.82) is 5.26 Å². The summed E-state index contributed by atoms with van der Waals surface area (Å²) >= 11 is 12.5. The highest BCUT2D eigenvalue weighted by molar-refractivity contribution is 8.00. The fourth-order valence-electron chi connectivity index (χ4n) is 10.2. The van der Waals surface area contributed by atoms with E-state index >= 15 is 0 Å². The summed E-state index contributed by atoms with van der Waals surface area (Å²) in [6, 6.07) is 11.6. The van der Waals surface area contributed by atoms with E-state index in [1.54, 1.807) is 59.8 Å². The number of rotatable bonds is 8. The SMILES string of the molecule is COC(=O)c1cnc(Cl)c([N+](=O)[O-])c1.COC(=O)c1cnc2c(c1)NC(=O)[C@@H]1CSCCN21.N#Cc1ccc(N2CCN(Cc3cnc4c(c3)NC(=O)[C@@H]3CSCCN43)CC2)nc1.O=C(O)[C@@H]1CSCCN1.O=C1Nc2cc(CO)cnc2N2CCSC[C@@H]12. The van der Waals surface area contributed by atoms with Crippen molar-refractivity contribution in [3.8, 4) is 6.07 Å². The van der Waals surface area contributed by atoms with Crippen LogP contribution in [0.2, 0.25) is 5.15 Å². The summed E-state index contributed by atoms with van der Waals surface area (Å²) in [6.45, 7) is 7.71. The fraction of sp³-hybridized carbons (Fsp3) is 0.429. The number of piperazine rings is 1. The highest BCUT2D eigenvalue weighted by Crippen LogP contribution is 2.37. The molecule has 5 aromatic heterocycles. The van der Waals surface area contributed by atoms with Gasteiger partial charge in [-0.15, -0.1) is 0 Å². The number of aliphatic hydroxyl groups excluding tert-OH is 1. The molecule has 4 atom stereocenters. The van der Waals surface area contributed by atoms with Gasteiger partial charge in [0.1, 0.15) is 36.1 Å². The molecule has 0 aromatic carbocycles. The molecule has 13 rings (SSSR count). The van der Waals surface area contributed by atoms with Crippen LogP contribution < -0.4 is 40.9 Å². The number of nitrogens with one attached hydrogen (secondary N) is 4. The zero-order valence-electron chi connectivity index (χ0n) is 48.2. The number of aromatic nitrogens is 5. The van der Waals surface area contributed by atoms with Crippen molar-refractivity contribution in [2.24, 2.45) is 0 Å². The summed E-state index contributed by atoms with van der Waals surface area (Å²) in [5.41, 5.74) is 4.45. The molecule has 3 amide bonds. The minimum atomic E-state index is -0.734. The maximum atomic E-state index is 12.5. The molecule has 8 aliphatic rings. The van der Waals surface area contributed by atoms with Crippen LogP contribution in [0.25, 0.3) is 0 Å². The number of carboxylic acid groups (broad SMARTS) is 1. The number of carboxylic acids is 1. The van der Waals surface area contributed by atoms with Gasteiger partial charge in [0.15, 0.2) is 17.5 Å². The summed E-state index contributed by atoms with van der Waals surface area (Å²) in [4.78, 5) is 111. The largest absolute Gasteiger partial charge is 0.480 e. The third-order valence-corrected chi connectivity index (χ3v) is 19.3. The minimum absolute atomic E-state index is 0.0106. The standard InChI is InChI=1S/C21H23N7OS.C12H13N3O3S.C11H13N3O2S.C7H5ClN2O4.C5H9NO2S/c22-10-15-1-2-19(23-11-15)27-5-3-26(4-6-27)13-16-9-17-20(24-12-16)28-7-8-30-14-18(28)21(29)25-17;1-18-12(17)7-4-8-10(13-5-7)15-2-3-19-6-9(15)11(16)14-8;15-5-7-3-8-10(12-4-7)14-1-2-17-6-9(14)11(16)13-8;1-14-7(11)4-2-5(10(12)13)6(8)9-3-4;7-5(8)4-3-9-2-1-6-4/h1-2,9,11-12,18H,3-8,13-14H2,(H,25,29);4-5,9H,2-3,6H2,1H3,(H,14,16);3-4,9,15H,1-2,5-6H2,(H,13,16);2-3H,1H3;4,6H,1-3H2,(H,7,8)/t18-;2*9-;;4-/m000.0/s1. The van der Waals surface area contributed by atoms with Crippen molar-refractivity contribution >= 4 is 140 Å². The molecule has 5 fully saturated rings. The number of ether oxygens (including phenoxy) is 2. The van der Waals surface area contributed by atoms with Crippen molar-refractivity contribution < 1.29 is 53.4 Å². The summed E-state index contributed by atoms with van der Waals surface area (Å²) < 4.78 is 9.02. The highest BCUT2D eigenvalue weighted by atomic mass is 35.5. The second-order valence-electron chi connectivity index (χ2n) is 20.5. The van der Waals surface area contributed by atoms with Crippen LogP contribution in [0.15, 0.2) is 67.4 Å². The second kappa shape index (κ2) is 31.1. The molecule has 0 spiro atoms. The van der Waals surface area contributed by atoms with Gasteiger partial charge in [-0.1, -0.05) is 11.6 Å². The Kier molecular flexibility index (Phi) is 23.0. The Bertz CT molecular complexity index is 3470. The van der Waals surface area contributed by atoms with Gasteiger partial charge >= 0.3 is 23.6 Å². The van der Waals surface area contributed by atoms with E-state index in [-0.39, 0.29) is 59.2 Å². The third kappa shape index (κ3) is 16.4. The van der Waals surface area contributed by atoms with Crippen LogP contribution in [0.1, 0.15) is 37.4 Å². The van der Waals surface area contributed by atoms with Gasteiger partial charge in [0.2, 0.25) is 22.9 Å². The first kappa shape index (κ1) is 65.7. The van der Waals surface area contributed by atoms with E-state index in [2.05, 4.69) is 82.4 Å². The van der Waals surface area contributed by atoms with Gasteiger partial charge in [0.25, 0.3) is 0 Å². The predicted octanol–water partition coefficient (Wildman–Crippen LogP) is 3.94. The first-order chi connectivity index (χ1) is 43.1. The van der Waals surface area contributed by atoms with Crippen LogP contribution in [0.5, 0.6) is 0 Å².